The fourth-order valence-electron chi connectivity index (χ4n) is 3.78. The summed E-state index contributed by atoms with van der Waals surface area (Å²) in [4.78, 5) is 22.2. The van der Waals surface area contributed by atoms with Gasteiger partial charge in [0.1, 0.15) is 10.8 Å². The fraction of sp³-hybridized carbons (Fsp3) is 0.148. The van der Waals surface area contributed by atoms with Crippen LogP contribution in [0.2, 0.25) is 0 Å². The van der Waals surface area contributed by atoms with E-state index in [4.69, 9.17) is 24.2 Å². The largest absolute Gasteiger partial charge is 0.497 e. The monoisotopic (exact) mass is 485 g/mol. The zero-order valence-electron chi connectivity index (χ0n) is 19.3. The highest BCUT2D eigenvalue weighted by atomic mass is 32.2. The molecule has 1 aliphatic heterocycles. The predicted octanol–water partition coefficient (Wildman–Crippen LogP) is 5.59. The molecule has 5 rings (SSSR count). The Kier molecular flexibility index (Phi) is 6.54. The lowest BCUT2D eigenvalue weighted by molar-refractivity contribution is -0.113. The minimum absolute atomic E-state index is 0.132. The summed E-state index contributed by atoms with van der Waals surface area (Å²) in [6, 6.07) is 22.7. The molecule has 0 saturated carbocycles. The van der Waals surface area contributed by atoms with Crippen LogP contribution in [-0.2, 0) is 11.2 Å². The molecule has 35 heavy (non-hydrogen) atoms. The third kappa shape index (κ3) is 4.93. The average Bonchev–Trinajstić information content (AvgIpc) is 2.91. The predicted molar refractivity (Wildman–Crippen MR) is 136 cm³/mol. The van der Waals surface area contributed by atoms with Gasteiger partial charge in [0.15, 0.2) is 17.3 Å². The molecule has 0 unspecified atom stereocenters. The Bertz CT molecular complexity index is 1360. The van der Waals surface area contributed by atoms with Crippen molar-refractivity contribution in [1.82, 2.24) is 9.97 Å². The van der Waals surface area contributed by atoms with E-state index in [1.807, 2.05) is 48.5 Å². The Morgan fingerprint density at radius 3 is 2.51 bits per heavy atom. The maximum atomic E-state index is 12.7. The van der Waals surface area contributed by atoms with Crippen LogP contribution in [0.5, 0.6) is 23.1 Å². The van der Waals surface area contributed by atoms with Crippen molar-refractivity contribution in [2.45, 2.75) is 11.4 Å². The van der Waals surface area contributed by atoms with Gasteiger partial charge in [-0.25, -0.2) is 4.98 Å². The molecule has 8 heteroatoms. The highest BCUT2D eigenvalue weighted by molar-refractivity contribution is 8.00. The van der Waals surface area contributed by atoms with Crippen LogP contribution in [0.1, 0.15) is 11.1 Å². The van der Waals surface area contributed by atoms with Crippen molar-refractivity contribution in [3.8, 4) is 34.5 Å². The maximum absolute atomic E-state index is 12.7. The molecular weight excluding hydrogens is 462 g/mol. The summed E-state index contributed by atoms with van der Waals surface area (Å²) in [5, 5.41) is 3.63. The SMILES string of the molecule is COc1ccc(NC(=O)CSc2nc(-c3ccccc3)nc3c2Cc2cccc(OC)c2O3)cc1. The normalized spacial score (nSPS) is 11.6. The molecule has 0 spiro atoms. The molecule has 176 valence electrons. The van der Waals surface area contributed by atoms with E-state index in [-0.39, 0.29) is 11.7 Å². The smallest absolute Gasteiger partial charge is 0.234 e. The van der Waals surface area contributed by atoms with Gasteiger partial charge in [0, 0.05) is 23.2 Å². The van der Waals surface area contributed by atoms with Crippen molar-refractivity contribution in [3.05, 3.63) is 83.9 Å². The number of hydrogen-bond acceptors (Lipinski definition) is 7. The van der Waals surface area contributed by atoms with Crippen LogP contribution in [-0.4, -0.2) is 35.8 Å². The molecule has 0 saturated heterocycles. The highest BCUT2D eigenvalue weighted by Gasteiger charge is 2.26. The quantitative estimate of drug-likeness (QED) is 0.238. The number of carbonyl (C=O) groups excluding carboxylic acids is 1. The number of carbonyl (C=O) groups is 1. The Hall–Kier alpha value is -4.04. The summed E-state index contributed by atoms with van der Waals surface area (Å²) >= 11 is 1.36. The number of amides is 1. The van der Waals surface area contributed by atoms with Crippen molar-refractivity contribution in [2.24, 2.45) is 0 Å². The number of nitrogens with one attached hydrogen (secondary N) is 1. The number of nitrogens with zero attached hydrogens (tertiary/aromatic N) is 2. The molecule has 0 bridgehead atoms. The Labute approximate surface area is 207 Å². The number of rotatable bonds is 7. The first kappa shape index (κ1) is 22.7. The molecule has 4 aromatic rings. The standard InChI is InChI=1S/C27H23N3O4S/c1-32-20-13-11-19(12-14-20)28-23(31)16-35-27-21-15-18-9-6-10-22(33-2)24(18)34-26(21)29-25(30-27)17-7-4-3-5-8-17/h3-14H,15-16H2,1-2H3,(H,28,31). The second-order valence-electron chi connectivity index (χ2n) is 7.79. The zero-order valence-corrected chi connectivity index (χ0v) is 20.1. The molecule has 0 radical (unpaired) electrons. The van der Waals surface area contributed by atoms with Crippen molar-refractivity contribution < 1.29 is 19.0 Å². The number of ether oxygens (including phenoxy) is 3. The molecule has 1 N–H and O–H groups in total. The van der Waals surface area contributed by atoms with E-state index < -0.39 is 0 Å². The highest BCUT2D eigenvalue weighted by Crippen LogP contribution is 2.44. The van der Waals surface area contributed by atoms with Gasteiger partial charge in [-0.15, -0.1) is 0 Å². The van der Waals surface area contributed by atoms with E-state index in [1.54, 1.807) is 38.5 Å². The average molecular weight is 486 g/mol. The van der Waals surface area contributed by atoms with Gasteiger partial charge in [-0.1, -0.05) is 54.2 Å². The number of para-hydroxylation sites is 1. The Morgan fingerprint density at radius 2 is 1.77 bits per heavy atom. The first-order valence-electron chi connectivity index (χ1n) is 11.0. The van der Waals surface area contributed by atoms with Crippen LogP contribution >= 0.6 is 11.8 Å². The third-order valence-electron chi connectivity index (χ3n) is 5.52. The lowest BCUT2D eigenvalue weighted by Gasteiger charge is -2.23. The second kappa shape index (κ2) is 10.1. The Morgan fingerprint density at radius 1 is 0.971 bits per heavy atom. The molecular formula is C27H23N3O4S. The lowest BCUT2D eigenvalue weighted by atomic mass is 10.0. The summed E-state index contributed by atoms with van der Waals surface area (Å²) in [6.45, 7) is 0. The van der Waals surface area contributed by atoms with Gasteiger partial charge < -0.3 is 19.5 Å². The zero-order chi connectivity index (χ0) is 24.2. The number of aromatic nitrogens is 2. The van der Waals surface area contributed by atoms with Gasteiger partial charge >= 0.3 is 0 Å². The Balaban J connectivity index is 1.43. The number of thioether (sulfide) groups is 1. The van der Waals surface area contributed by atoms with Crippen LogP contribution in [0, 0.1) is 0 Å². The molecule has 7 nitrogen and oxygen atoms in total. The van der Waals surface area contributed by atoms with Crippen LogP contribution in [0.3, 0.4) is 0 Å². The minimum Gasteiger partial charge on any atom is -0.497 e. The van der Waals surface area contributed by atoms with E-state index in [9.17, 15) is 4.79 Å². The summed E-state index contributed by atoms with van der Waals surface area (Å²) in [7, 11) is 3.22. The number of benzene rings is 3. The van der Waals surface area contributed by atoms with Gasteiger partial charge in [-0.3, -0.25) is 4.79 Å². The van der Waals surface area contributed by atoms with Gasteiger partial charge in [0.2, 0.25) is 11.8 Å². The second-order valence-corrected chi connectivity index (χ2v) is 8.76. The number of methoxy groups -OCH3 is 2. The van der Waals surface area contributed by atoms with Crippen LogP contribution < -0.4 is 19.5 Å². The molecule has 1 amide bonds. The van der Waals surface area contributed by atoms with E-state index >= 15 is 0 Å². The van der Waals surface area contributed by atoms with Gasteiger partial charge in [-0.05, 0) is 30.3 Å². The van der Waals surface area contributed by atoms with Gasteiger partial charge in [0.05, 0.1) is 25.5 Å². The van der Waals surface area contributed by atoms with E-state index in [0.29, 0.717) is 40.3 Å². The molecule has 3 aromatic carbocycles. The van der Waals surface area contributed by atoms with Crippen LogP contribution in [0.15, 0.2) is 77.8 Å². The van der Waals surface area contributed by atoms with E-state index in [2.05, 4.69) is 5.32 Å². The summed E-state index contributed by atoms with van der Waals surface area (Å²) in [5.74, 6) is 3.13. The van der Waals surface area contributed by atoms with Crippen LogP contribution in [0.4, 0.5) is 5.69 Å². The number of anilines is 1. The lowest BCUT2D eigenvalue weighted by Crippen LogP contribution is -2.15. The molecule has 0 aliphatic carbocycles. The molecule has 0 fully saturated rings. The number of hydrogen-bond donors (Lipinski definition) is 1. The summed E-state index contributed by atoms with van der Waals surface area (Å²) in [5.41, 5.74) is 3.41. The third-order valence-corrected chi connectivity index (χ3v) is 6.54. The summed E-state index contributed by atoms with van der Waals surface area (Å²) in [6.07, 6.45) is 0.583. The van der Waals surface area contributed by atoms with Gasteiger partial charge in [0.25, 0.3) is 0 Å². The van der Waals surface area contributed by atoms with Crippen molar-refractivity contribution in [3.63, 3.8) is 0 Å². The van der Waals surface area contributed by atoms with E-state index in [1.165, 1.54) is 11.8 Å². The first-order valence-corrected chi connectivity index (χ1v) is 12.0. The van der Waals surface area contributed by atoms with Crippen molar-refractivity contribution >= 4 is 23.4 Å². The molecule has 1 aromatic heterocycles. The maximum Gasteiger partial charge on any atom is 0.234 e. The molecule has 1 aliphatic rings. The first-order chi connectivity index (χ1) is 17.1. The summed E-state index contributed by atoms with van der Waals surface area (Å²) < 4.78 is 16.9. The van der Waals surface area contributed by atoms with Crippen LogP contribution in [0.25, 0.3) is 11.4 Å². The minimum atomic E-state index is -0.132. The topological polar surface area (TPSA) is 82.6 Å². The van der Waals surface area contributed by atoms with Gasteiger partial charge in [-0.2, -0.15) is 4.98 Å². The van der Waals surface area contributed by atoms with E-state index in [0.717, 1.165) is 22.4 Å². The van der Waals surface area contributed by atoms with Crippen molar-refractivity contribution in [2.75, 3.05) is 25.3 Å². The molecule has 2 heterocycles. The molecule has 0 atom stereocenters. The fourth-order valence-corrected chi connectivity index (χ4v) is 4.61. The van der Waals surface area contributed by atoms with Crippen molar-refractivity contribution in [1.29, 1.82) is 0 Å². The number of fused-ring (bicyclic) bond motifs is 2.